The van der Waals surface area contributed by atoms with Crippen LogP contribution in [0.4, 0.5) is 0 Å². The Bertz CT molecular complexity index is 433. The second-order valence-corrected chi connectivity index (χ2v) is 13.1. The maximum Gasteiger partial charge on any atom is 0.237 e. The second-order valence-electron chi connectivity index (χ2n) is 8.23. The molecule has 2 saturated heterocycles. The third kappa shape index (κ3) is 2.02. The van der Waals surface area contributed by atoms with Crippen molar-refractivity contribution in [2.24, 2.45) is 5.92 Å². The predicted molar refractivity (Wildman–Crippen MR) is 88.7 cm³/mol. The fourth-order valence-electron chi connectivity index (χ4n) is 4.50. The zero-order valence-corrected chi connectivity index (χ0v) is 15.9. The molecule has 0 radical (unpaired) electrons. The van der Waals surface area contributed by atoms with Crippen molar-refractivity contribution in [1.29, 1.82) is 0 Å². The summed E-state index contributed by atoms with van der Waals surface area (Å²) in [6.07, 6.45) is -0.632. The van der Waals surface area contributed by atoms with Crippen molar-refractivity contribution in [3.8, 4) is 0 Å². The average Bonchev–Trinajstić information content (AvgIpc) is 3.06. The molecule has 0 spiro atoms. The number of epoxide rings is 1. The number of hydrogen-bond donors (Lipinski definition) is 1. The molecule has 122 valence electrons. The van der Waals surface area contributed by atoms with Crippen LogP contribution in [-0.4, -0.2) is 36.5 Å². The first-order chi connectivity index (χ1) is 9.45. The van der Waals surface area contributed by atoms with E-state index in [1.54, 1.807) is 0 Å². The van der Waals surface area contributed by atoms with Crippen LogP contribution in [0.5, 0.6) is 0 Å². The SMILES string of the molecule is C=C(C(C)C)[C@@H](O)[C@]12O[C@H]1C(C)(C)O[Si]2(C(C)C)C(C)C. The fourth-order valence-corrected chi connectivity index (χ4v) is 10.9. The van der Waals surface area contributed by atoms with E-state index in [1.807, 2.05) is 0 Å². The Balaban J connectivity index is 2.53. The molecular weight excluding hydrogens is 280 g/mol. The summed E-state index contributed by atoms with van der Waals surface area (Å²) >= 11 is 0. The molecule has 3 nitrogen and oxygen atoms in total. The van der Waals surface area contributed by atoms with Gasteiger partial charge in [0, 0.05) is 0 Å². The summed E-state index contributed by atoms with van der Waals surface area (Å²) in [7, 11) is -2.31. The summed E-state index contributed by atoms with van der Waals surface area (Å²) in [4.78, 5) is 0. The maximum atomic E-state index is 11.1. The van der Waals surface area contributed by atoms with E-state index < -0.39 is 19.6 Å². The Morgan fingerprint density at radius 1 is 1.10 bits per heavy atom. The number of aliphatic hydroxyl groups excluding tert-OH is 1. The van der Waals surface area contributed by atoms with Gasteiger partial charge in [0.2, 0.25) is 8.32 Å². The van der Waals surface area contributed by atoms with E-state index in [0.29, 0.717) is 11.1 Å². The Morgan fingerprint density at radius 2 is 1.57 bits per heavy atom. The molecule has 0 aliphatic carbocycles. The van der Waals surface area contributed by atoms with Crippen LogP contribution in [0.1, 0.15) is 55.4 Å². The van der Waals surface area contributed by atoms with Crippen molar-refractivity contribution in [3.05, 3.63) is 12.2 Å². The molecular formula is C17H32O3Si. The summed E-state index contributed by atoms with van der Waals surface area (Å²) in [5, 5.41) is 10.6. The minimum absolute atomic E-state index is 0.00744. The van der Waals surface area contributed by atoms with Crippen LogP contribution in [0.15, 0.2) is 12.2 Å². The zero-order chi connectivity index (χ0) is 16.4. The first-order valence-corrected chi connectivity index (χ1v) is 10.3. The molecule has 21 heavy (non-hydrogen) atoms. The molecule has 0 aromatic rings. The van der Waals surface area contributed by atoms with Crippen molar-refractivity contribution < 1.29 is 14.3 Å². The highest BCUT2D eigenvalue weighted by molar-refractivity contribution is 6.81. The van der Waals surface area contributed by atoms with E-state index in [1.165, 1.54) is 0 Å². The van der Waals surface area contributed by atoms with Crippen LogP contribution in [-0.2, 0) is 9.16 Å². The van der Waals surface area contributed by atoms with Gasteiger partial charge in [-0.15, -0.1) is 0 Å². The quantitative estimate of drug-likeness (QED) is 0.477. The van der Waals surface area contributed by atoms with E-state index in [4.69, 9.17) is 9.16 Å². The molecule has 0 aromatic carbocycles. The summed E-state index contributed by atoms with van der Waals surface area (Å²) < 4.78 is 12.9. The van der Waals surface area contributed by atoms with Crippen LogP contribution in [0.3, 0.4) is 0 Å². The predicted octanol–water partition coefficient (Wildman–Crippen LogP) is 3.81. The van der Waals surface area contributed by atoms with Gasteiger partial charge in [0.15, 0.2) is 0 Å². The number of hydrogen-bond acceptors (Lipinski definition) is 3. The van der Waals surface area contributed by atoms with Gasteiger partial charge in [-0.05, 0) is 36.4 Å². The lowest BCUT2D eigenvalue weighted by Crippen LogP contribution is -2.61. The summed E-state index contributed by atoms with van der Waals surface area (Å²) in [5.74, 6) is 0.244. The van der Waals surface area contributed by atoms with E-state index in [2.05, 4.69) is 62.0 Å². The molecule has 0 saturated carbocycles. The molecule has 2 fully saturated rings. The summed E-state index contributed by atoms with van der Waals surface area (Å²) in [5.41, 5.74) is 1.33. The minimum atomic E-state index is -2.31. The first-order valence-electron chi connectivity index (χ1n) is 8.19. The Hall–Kier alpha value is -0.163. The van der Waals surface area contributed by atoms with Crippen molar-refractivity contribution in [2.45, 2.75) is 89.5 Å². The highest BCUT2D eigenvalue weighted by Gasteiger charge is 2.86. The van der Waals surface area contributed by atoms with Gasteiger partial charge in [-0.2, -0.15) is 0 Å². The third-order valence-electron chi connectivity index (χ3n) is 5.53. The van der Waals surface area contributed by atoms with Crippen molar-refractivity contribution in [2.75, 3.05) is 0 Å². The normalized spacial score (nSPS) is 34.4. The Kier molecular flexibility index (Phi) is 4.03. The lowest BCUT2D eigenvalue weighted by molar-refractivity contribution is 0.0383. The van der Waals surface area contributed by atoms with Gasteiger partial charge < -0.3 is 14.3 Å². The highest BCUT2D eigenvalue weighted by atomic mass is 28.4. The smallest absolute Gasteiger partial charge is 0.237 e. The lowest BCUT2D eigenvalue weighted by Gasteiger charge is -2.44. The largest absolute Gasteiger partial charge is 0.405 e. The first kappa shape index (κ1) is 17.2. The van der Waals surface area contributed by atoms with E-state index >= 15 is 0 Å². The second kappa shape index (κ2) is 4.92. The zero-order valence-electron chi connectivity index (χ0n) is 14.9. The molecule has 2 aliphatic rings. The fraction of sp³-hybridized carbons (Fsp3) is 0.882. The van der Waals surface area contributed by atoms with Crippen molar-refractivity contribution >= 4 is 8.32 Å². The average molecular weight is 313 g/mol. The molecule has 2 aliphatic heterocycles. The standard InChI is InChI=1S/C17H32O3Si/c1-10(2)13(7)14(18)17-15(19-17)16(8,9)20-21(17,11(3)4)12(5)6/h10-12,14-15,18H,7H2,1-6,8-9H3/t14-,15+,17-/m1/s1. The van der Waals surface area contributed by atoms with Crippen LogP contribution >= 0.6 is 0 Å². The van der Waals surface area contributed by atoms with Gasteiger partial charge in [-0.25, -0.2) is 0 Å². The van der Waals surface area contributed by atoms with Crippen molar-refractivity contribution in [1.82, 2.24) is 0 Å². The van der Waals surface area contributed by atoms with Crippen molar-refractivity contribution in [3.63, 3.8) is 0 Å². The van der Waals surface area contributed by atoms with Crippen LogP contribution in [0, 0.1) is 5.92 Å². The Morgan fingerprint density at radius 3 is 1.90 bits per heavy atom. The van der Waals surface area contributed by atoms with Crippen LogP contribution in [0.25, 0.3) is 0 Å². The summed E-state index contributed by atoms with van der Waals surface area (Å²) in [6, 6.07) is 0. The monoisotopic (exact) mass is 312 g/mol. The minimum Gasteiger partial charge on any atom is -0.405 e. The van der Waals surface area contributed by atoms with Crippen LogP contribution < -0.4 is 0 Å². The van der Waals surface area contributed by atoms with Gasteiger partial charge >= 0.3 is 0 Å². The summed E-state index contributed by atoms with van der Waals surface area (Å²) in [6.45, 7) is 21.4. The van der Waals surface area contributed by atoms with Gasteiger partial charge in [0.1, 0.15) is 17.4 Å². The molecule has 3 atom stereocenters. The maximum absolute atomic E-state index is 11.1. The topological polar surface area (TPSA) is 42.0 Å². The number of aliphatic hydroxyl groups is 1. The van der Waals surface area contributed by atoms with Gasteiger partial charge in [0.05, 0.1) is 5.60 Å². The molecule has 2 rings (SSSR count). The molecule has 2 heterocycles. The number of ether oxygens (including phenoxy) is 1. The van der Waals surface area contributed by atoms with Gasteiger partial charge in [-0.3, -0.25) is 0 Å². The highest BCUT2D eigenvalue weighted by Crippen LogP contribution is 2.66. The molecule has 0 unspecified atom stereocenters. The van der Waals surface area contributed by atoms with E-state index in [0.717, 1.165) is 5.57 Å². The molecule has 0 bridgehead atoms. The molecule has 0 aromatic heterocycles. The Labute approximate surface area is 130 Å². The number of fused-ring (bicyclic) bond motifs is 1. The van der Waals surface area contributed by atoms with Crippen LogP contribution in [0.2, 0.25) is 11.1 Å². The van der Waals surface area contributed by atoms with Gasteiger partial charge in [-0.1, -0.05) is 48.1 Å². The van der Waals surface area contributed by atoms with Gasteiger partial charge in [0.25, 0.3) is 0 Å². The molecule has 0 amide bonds. The lowest BCUT2D eigenvalue weighted by atomic mass is 9.92. The van der Waals surface area contributed by atoms with E-state index in [-0.39, 0.29) is 17.6 Å². The molecule has 4 heteroatoms. The van der Waals surface area contributed by atoms with E-state index in [9.17, 15) is 5.11 Å². The third-order valence-corrected chi connectivity index (χ3v) is 11.7. The molecule has 1 N–H and O–H groups in total. The number of rotatable bonds is 5.